The Balaban J connectivity index is 1.59. The summed E-state index contributed by atoms with van der Waals surface area (Å²) in [6.07, 6.45) is 5.95. The summed E-state index contributed by atoms with van der Waals surface area (Å²) < 4.78 is 5.32. The summed E-state index contributed by atoms with van der Waals surface area (Å²) in [6.45, 7) is 3.63. The van der Waals surface area contributed by atoms with Crippen LogP contribution in [0, 0.1) is 17.8 Å². The maximum atomic E-state index is 12.3. The van der Waals surface area contributed by atoms with Gasteiger partial charge in [0.1, 0.15) is 0 Å². The molecule has 0 N–H and O–H groups in total. The van der Waals surface area contributed by atoms with E-state index in [9.17, 15) is 4.79 Å². The Morgan fingerprint density at radius 1 is 1.00 bits per heavy atom. The van der Waals surface area contributed by atoms with E-state index in [2.05, 4.69) is 4.90 Å². The van der Waals surface area contributed by atoms with E-state index < -0.39 is 0 Å². The molecule has 2 heterocycles. The van der Waals surface area contributed by atoms with Crippen LogP contribution < -0.4 is 0 Å². The van der Waals surface area contributed by atoms with Crippen LogP contribution in [0.4, 0.5) is 0 Å². The molecule has 0 aromatic heterocycles. The van der Waals surface area contributed by atoms with Gasteiger partial charge in [0.2, 0.25) is 5.91 Å². The van der Waals surface area contributed by atoms with Crippen molar-refractivity contribution in [2.45, 2.75) is 32.1 Å². The molecule has 90 valence electrons. The quantitative estimate of drug-likeness (QED) is 0.677. The number of carbonyl (C=O) groups is 1. The van der Waals surface area contributed by atoms with E-state index in [1.807, 2.05) is 0 Å². The van der Waals surface area contributed by atoms with Gasteiger partial charge in [-0.3, -0.25) is 4.79 Å². The van der Waals surface area contributed by atoms with Gasteiger partial charge in [0, 0.05) is 32.2 Å². The third-order valence-electron chi connectivity index (χ3n) is 4.61. The number of carbonyl (C=O) groups excluding carboxylic acids is 1. The van der Waals surface area contributed by atoms with Gasteiger partial charge in [-0.15, -0.1) is 0 Å². The fraction of sp³-hybridized carbons (Fsp3) is 0.923. The number of hydrogen-bond acceptors (Lipinski definition) is 2. The number of fused-ring (bicyclic) bond motifs is 1. The molecule has 0 aromatic carbocycles. The average Bonchev–Trinajstić information content (AvgIpc) is 2.89. The largest absolute Gasteiger partial charge is 0.381 e. The van der Waals surface area contributed by atoms with Gasteiger partial charge in [-0.2, -0.15) is 0 Å². The van der Waals surface area contributed by atoms with Crippen LogP contribution in [-0.4, -0.2) is 37.1 Å². The van der Waals surface area contributed by atoms with Crippen LogP contribution in [0.25, 0.3) is 0 Å². The minimum atomic E-state index is 0.257. The number of amides is 1. The van der Waals surface area contributed by atoms with Crippen molar-refractivity contribution in [3.05, 3.63) is 0 Å². The highest BCUT2D eigenvalue weighted by atomic mass is 16.5. The van der Waals surface area contributed by atoms with Gasteiger partial charge in [0.25, 0.3) is 0 Å². The second kappa shape index (κ2) is 4.36. The lowest BCUT2D eigenvalue weighted by Gasteiger charge is -2.26. The lowest BCUT2D eigenvalue weighted by atomic mass is 9.99. The van der Waals surface area contributed by atoms with Crippen LogP contribution in [0.2, 0.25) is 0 Å². The molecule has 3 fully saturated rings. The van der Waals surface area contributed by atoms with Gasteiger partial charge in [0.05, 0.1) is 0 Å². The first-order valence-corrected chi connectivity index (χ1v) is 6.71. The molecule has 0 spiro atoms. The maximum absolute atomic E-state index is 12.3. The Hall–Kier alpha value is -0.570. The molecular formula is C13H21NO2. The van der Waals surface area contributed by atoms with E-state index in [4.69, 9.17) is 4.74 Å². The van der Waals surface area contributed by atoms with Crippen LogP contribution >= 0.6 is 0 Å². The number of rotatable bonds is 1. The molecule has 2 saturated heterocycles. The maximum Gasteiger partial charge on any atom is 0.225 e. The molecule has 3 heteroatoms. The van der Waals surface area contributed by atoms with Gasteiger partial charge in [-0.1, -0.05) is 6.42 Å². The highest BCUT2D eigenvalue weighted by molar-refractivity contribution is 5.79. The summed E-state index contributed by atoms with van der Waals surface area (Å²) in [5, 5.41) is 0. The van der Waals surface area contributed by atoms with Gasteiger partial charge < -0.3 is 9.64 Å². The summed E-state index contributed by atoms with van der Waals surface area (Å²) in [5.74, 6) is 2.32. The molecule has 3 aliphatic rings. The van der Waals surface area contributed by atoms with E-state index >= 15 is 0 Å². The molecule has 1 aliphatic carbocycles. The monoisotopic (exact) mass is 223 g/mol. The Labute approximate surface area is 97.1 Å². The Bertz CT molecular complexity index is 261. The predicted octanol–water partition coefficient (Wildman–Crippen LogP) is 1.67. The Morgan fingerprint density at radius 3 is 2.25 bits per heavy atom. The van der Waals surface area contributed by atoms with Crippen molar-refractivity contribution in [2.24, 2.45) is 17.8 Å². The Kier molecular flexibility index (Phi) is 2.88. The fourth-order valence-electron chi connectivity index (χ4n) is 3.62. The summed E-state index contributed by atoms with van der Waals surface area (Å²) in [5.41, 5.74) is 0. The van der Waals surface area contributed by atoms with E-state index in [-0.39, 0.29) is 5.92 Å². The second-order valence-electron chi connectivity index (χ2n) is 5.58. The first-order valence-electron chi connectivity index (χ1n) is 6.71. The molecule has 0 aromatic rings. The molecule has 0 bridgehead atoms. The minimum Gasteiger partial charge on any atom is -0.381 e. The second-order valence-corrected chi connectivity index (χ2v) is 5.58. The summed E-state index contributed by atoms with van der Waals surface area (Å²) >= 11 is 0. The number of likely N-dealkylation sites (tertiary alicyclic amines) is 1. The van der Waals surface area contributed by atoms with Crippen molar-refractivity contribution in [2.75, 3.05) is 26.3 Å². The van der Waals surface area contributed by atoms with Crippen LogP contribution in [-0.2, 0) is 9.53 Å². The molecule has 1 amide bonds. The van der Waals surface area contributed by atoms with Crippen LogP contribution in [0.1, 0.15) is 32.1 Å². The summed E-state index contributed by atoms with van der Waals surface area (Å²) in [7, 11) is 0. The van der Waals surface area contributed by atoms with Gasteiger partial charge in [0.15, 0.2) is 0 Å². The lowest BCUT2D eigenvalue weighted by Crippen LogP contribution is -2.37. The van der Waals surface area contributed by atoms with Crippen LogP contribution in [0.5, 0.6) is 0 Å². The molecule has 16 heavy (non-hydrogen) atoms. The average molecular weight is 223 g/mol. The summed E-state index contributed by atoms with van der Waals surface area (Å²) in [6, 6.07) is 0. The van der Waals surface area contributed by atoms with Crippen molar-refractivity contribution in [1.82, 2.24) is 4.90 Å². The molecule has 3 nitrogen and oxygen atoms in total. The van der Waals surface area contributed by atoms with Gasteiger partial charge in [-0.05, 0) is 37.5 Å². The van der Waals surface area contributed by atoms with Crippen LogP contribution in [0.15, 0.2) is 0 Å². The zero-order valence-electron chi connectivity index (χ0n) is 9.86. The standard InChI is InChI=1S/C13H21NO2/c15-13(10-4-6-16-7-5-10)14-8-11-2-1-3-12(11)9-14/h10-12H,1-9H2/t11-,12+. The minimum absolute atomic E-state index is 0.257. The smallest absolute Gasteiger partial charge is 0.225 e. The highest BCUT2D eigenvalue weighted by Gasteiger charge is 2.39. The van der Waals surface area contributed by atoms with Crippen molar-refractivity contribution in [3.8, 4) is 0 Å². The number of ether oxygens (including phenoxy) is 1. The number of nitrogens with zero attached hydrogens (tertiary/aromatic N) is 1. The molecular weight excluding hydrogens is 202 g/mol. The van der Waals surface area contributed by atoms with E-state index in [1.54, 1.807) is 0 Å². The Morgan fingerprint density at radius 2 is 1.62 bits per heavy atom. The van der Waals surface area contributed by atoms with Crippen molar-refractivity contribution in [3.63, 3.8) is 0 Å². The third kappa shape index (κ3) is 1.86. The topological polar surface area (TPSA) is 29.5 Å². The van der Waals surface area contributed by atoms with Gasteiger partial charge in [-0.25, -0.2) is 0 Å². The fourth-order valence-corrected chi connectivity index (χ4v) is 3.62. The molecule has 2 atom stereocenters. The predicted molar refractivity (Wildman–Crippen MR) is 61.0 cm³/mol. The van der Waals surface area contributed by atoms with Crippen molar-refractivity contribution < 1.29 is 9.53 Å². The summed E-state index contributed by atoms with van der Waals surface area (Å²) in [4.78, 5) is 14.4. The third-order valence-corrected chi connectivity index (χ3v) is 4.61. The zero-order chi connectivity index (χ0) is 11.0. The molecule has 1 saturated carbocycles. The molecule has 2 aliphatic heterocycles. The van der Waals surface area contributed by atoms with Gasteiger partial charge >= 0.3 is 0 Å². The first kappa shape index (κ1) is 10.6. The molecule has 0 unspecified atom stereocenters. The lowest BCUT2D eigenvalue weighted by molar-refractivity contribution is -0.137. The highest BCUT2D eigenvalue weighted by Crippen LogP contribution is 2.38. The normalized spacial score (nSPS) is 35.4. The number of hydrogen-bond donors (Lipinski definition) is 0. The van der Waals surface area contributed by atoms with Crippen LogP contribution in [0.3, 0.4) is 0 Å². The molecule has 0 radical (unpaired) electrons. The first-order chi connectivity index (χ1) is 7.84. The zero-order valence-corrected chi connectivity index (χ0v) is 9.86. The molecule has 3 rings (SSSR count). The van der Waals surface area contributed by atoms with E-state index in [0.717, 1.165) is 51.0 Å². The van der Waals surface area contributed by atoms with E-state index in [1.165, 1.54) is 19.3 Å². The SMILES string of the molecule is O=C(C1CCOCC1)N1C[C@H]2CCC[C@H]2C1. The van der Waals surface area contributed by atoms with Crippen molar-refractivity contribution in [1.29, 1.82) is 0 Å². The van der Waals surface area contributed by atoms with E-state index in [0.29, 0.717) is 5.91 Å². The van der Waals surface area contributed by atoms with Crippen molar-refractivity contribution >= 4 is 5.91 Å².